The van der Waals surface area contributed by atoms with E-state index >= 15 is 0 Å². The largest absolute Gasteiger partial charge is 0.454 e. The van der Waals surface area contributed by atoms with Gasteiger partial charge >= 0.3 is 0 Å². The summed E-state index contributed by atoms with van der Waals surface area (Å²) in [5, 5.41) is 38.6. The van der Waals surface area contributed by atoms with E-state index in [1.54, 1.807) is 0 Å². The first kappa shape index (κ1) is 73.7. The molecule has 0 saturated heterocycles. The lowest BCUT2D eigenvalue weighted by Crippen LogP contribution is -1.95. The van der Waals surface area contributed by atoms with Gasteiger partial charge in [0.1, 0.15) is 22.3 Å². The molecule has 0 atom stereocenters. The summed E-state index contributed by atoms with van der Waals surface area (Å²) in [5.41, 5.74) is 35.1. The minimum atomic E-state index is 0.885. The molecule has 22 aromatic carbocycles. The van der Waals surface area contributed by atoms with Crippen molar-refractivity contribution in [2.75, 3.05) is 0 Å². The highest BCUT2D eigenvalue weighted by Gasteiger charge is 2.35. The minimum Gasteiger partial charge on any atom is -0.454 e. The highest BCUT2D eigenvalue weighted by molar-refractivity contribution is 6.43. The summed E-state index contributed by atoms with van der Waals surface area (Å²) in [6, 6.07) is 151. The molecule has 0 aliphatic rings. The average Bonchev–Trinajstić information content (AvgIpc) is 1.50. The Balaban J connectivity index is 0.000000118. The van der Waals surface area contributed by atoms with Gasteiger partial charge in [0.05, 0.1) is 133 Å². The van der Waals surface area contributed by atoms with Crippen molar-refractivity contribution >= 4 is 327 Å². The van der Waals surface area contributed by atoms with Crippen molar-refractivity contribution in [3.63, 3.8) is 0 Å². The van der Waals surface area contributed by atoms with E-state index in [1.807, 2.05) is 0 Å². The van der Waals surface area contributed by atoms with Crippen LogP contribution in [0.3, 0.4) is 0 Å². The molecule has 0 aliphatic heterocycles. The highest BCUT2D eigenvalue weighted by Crippen LogP contribution is 2.57. The molecule has 0 unspecified atom stereocenters. The van der Waals surface area contributed by atoms with Gasteiger partial charge in [-0.3, -0.25) is 0 Å². The van der Waals surface area contributed by atoms with Crippen LogP contribution in [0.25, 0.3) is 350 Å². The number of benzene rings is 22. The Morgan fingerprint density at radius 2 is 0.326 bits per heavy atom. The van der Waals surface area contributed by atoms with Crippen molar-refractivity contribution in [2.45, 2.75) is 0 Å². The summed E-state index contributed by atoms with van der Waals surface area (Å²) in [6.45, 7) is 0. The van der Waals surface area contributed by atoms with Crippen LogP contribution in [0.15, 0.2) is 430 Å². The summed E-state index contributed by atoms with van der Waals surface area (Å²) in [5.74, 6) is 0. The molecule has 38 rings (SSSR count). The number of furan rings is 4. The third-order valence-corrected chi connectivity index (χ3v) is 33.1. The Bertz CT molecular complexity index is 12000. The van der Waals surface area contributed by atoms with Crippen LogP contribution in [0.2, 0.25) is 0 Å². The predicted molar refractivity (Wildman–Crippen MR) is 598 cm³/mol. The number of fused-ring (bicyclic) bond motifs is 52. The van der Waals surface area contributed by atoms with E-state index in [0.29, 0.717) is 0 Å². The van der Waals surface area contributed by atoms with Crippen LogP contribution in [0.4, 0.5) is 0 Å². The van der Waals surface area contributed by atoms with Crippen LogP contribution < -0.4 is 0 Å². The molecular formula is C132H68N8O4. The van der Waals surface area contributed by atoms with Gasteiger partial charge in [0, 0.05) is 172 Å². The first-order valence-electron chi connectivity index (χ1n) is 49.5. The molecule has 0 spiro atoms. The fraction of sp³-hybridized carbons (Fsp3) is 0. The zero-order chi connectivity index (χ0) is 92.5. The summed E-state index contributed by atoms with van der Waals surface area (Å²) in [7, 11) is 0. The summed E-state index contributed by atoms with van der Waals surface area (Å²) in [6.07, 6.45) is 0. The van der Waals surface area contributed by atoms with Crippen molar-refractivity contribution in [2.24, 2.45) is 0 Å². The minimum absolute atomic E-state index is 0.885. The number of nitrogens with zero attached hydrogens (tertiary/aromatic N) is 8. The normalized spacial score (nSPS) is 13.0. The zero-order valence-electron chi connectivity index (χ0n) is 76.5. The van der Waals surface area contributed by atoms with Crippen molar-refractivity contribution in [3.8, 4) is 22.7 Å². The van der Waals surface area contributed by atoms with Gasteiger partial charge in [0.2, 0.25) is 0 Å². The van der Waals surface area contributed by atoms with Crippen LogP contribution in [0.1, 0.15) is 0 Å². The molecule has 0 amide bonds. The van der Waals surface area contributed by atoms with Gasteiger partial charge in [-0.25, -0.2) is 0 Å². The molecule has 16 heterocycles. The van der Waals surface area contributed by atoms with E-state index in [9.17, 15) is 0 Å². The molecule has 0 saturated carbocycles. The maximum atomic E-state index is 6.86. The van der Waals surface area contributed by atoms with Gasteiger partial charge in [-0.15, -0.1) is 0 Å². The molecule has 12 nitrogen and oxygen atoms in total. The lowest BCUT2D eigenvalue weighted by molar-refractivity contribution is 0.666. The quantitative estimate of drug-likeness (QED) is 0.176. The van der Waals surface area contributed by atoms with Crippen LogP contribution in [-0.2, 0) is 0 Å². The number of rotatable bonds is 4. The standard InChI is InChI=1S/2C66H34N4O2/c1-7-23-47-35(15-1)43-31-55-59(41-19-3-9-25-49(41)67(55)51-27-13-21-39-37-17-5-11-29-57(37)71-65(39)51)61-45-34-54-46(33-53(45)69(47)63(43)61)62-60-42-20-4-10-26-50(42)68(52-28-14-22-40-38-18-6-12-30-58(38)72-66(40)52)56(60)32-44-36-16-2-8-24-48(36)70(54)64(44)62;1-7-23-49-35(15-1)43-31-45-37-17-3-9-25-51(37)69-55-34-48-56(33-47(55)59(63(45)69)61(43)67(49)53-27-13-21-41-39-19-5-11-29-57(39)71-65(41)53)70-52-26-10-4-18-38(52)46-32-44-36-16-2-8-24-50(36)68(62(44)60(48)64(46)70)54-28-14-22-42-40-20-6-12-30-58(40)72-66(42)54/h2*1-34H. The molecule has 144 heavy (non-hydrogen) atoms. The van der Waals surface area contributed by atoms with E-state index < -0.39 is 0 Å². The van der Waals surface area contributed by atoms with Crippen molar-refractivity contribution in [1.29, 1.82) is 0 Å². The third-order valence-electron chi connectivity index (χ3n) is 33.1. The van der Waals surface area contributed by atoms with Crippen molar-refractivity contribution in [1.82, 2.24) is 35.9 Å². The second-order valence-corrected chi connectivity index (χ2v) is 39.8. The summed E-state index contributed by atoms with van der Waals surface area (Å²) >= 11 is 0. The van der Waals surface area contributed by atoms with Crippen LogP contribution in [0.5, 0.6) is 0 Å². The van der Waals surface area contributed by atoms with Gasteiger partial charge in [0.25, 0.3) is 0 Å². The Hall–Kier alpha value is -19.6. The molecule has 0 radical (unpaired) electrons. The van der Waals surface area contributed by atoms with Gasteiger partial charge in [-0.2, -0.15) is 0 Å². The average molecular weight is 1830 g/mol. The lowest BCUT2D eigenvalue weighted by Gasteiger charge is -2.10. The molecular weight excluding hydrogens is 1760 g/mol. The maximum Gasteiger partial charge on any atom is 0.159 e. The fourth-order valence-corrected chi connectivity index (χ4v) is 27.7. The van der Waals surface area contributed by atoms with Crippen LogP contribution in [-0.4, -0.2) is 35.9 Å². The SMILES string of the molecule is c1ccc2c(c1)oc1c(-n3c4ccccc4c4c5c6cc7c(cc6n6c8ccccc8c(cc43)c56)c3c4c5ccccc5n(-c5cccc6c5oc5ccccc56)c4cc4c5ccccc5n7c43)cccc12.c1ccc2c(c1)oc1c(-n3c4ccccc4c4cc5c6ccccc6n6c7cc8c9c%10c(cc%11c%12ccccc%12n(c8cc7c(c43)c56)c%119)c3ccccc3n%10-c3cccc4c3oc3ccccc34)cccc12. The number of aromatic nitrogens is 8. The molecule has 0 N–H and O–H groups in total. The molecule has 0 aliphatic carbocycles. The first-order chi connectivity index (χ1) is 71.5. The molecule has 0 fully saturated rings. The first-order valence-corrected chi connectivity index (χ1v) is 49.5. The predicted octanol–water partition coefficient (Wildman–Crippen LogP) is 36.0. The van der Waals surface area contributed by atoms with Crippen molar-refractivity contribution < 1.29 is 17.7 Å². The Morgan fingerprint density at radius 3 is 0.632 bits per heavy atom. The molecule has 660 valence electrons. The third kappa shape index (κ3) is 8.67. The Kier molecular flexibility index (Phi) is 13.1. The lowest BCUT2D eigenvalue weighted by atomic mass is 9.99. The van der Waals surface area contributed by atoms with E-state index in [4.69, 9.17) is 17.7 Å². The summed E-state index contributed by atoms with van der Waals surface area (Å²) < 4.78 is 47.4. The fourth-order valence-electron chi connectivity index (χ4n) is 27.7. The van der Waals surface area contributed by atoms with Gasteiger partial charge in [-0.05, 0) is 146 Å². The van der Waals surface area contributed by atoms with Gasteiger partial charge in [-0.1, -0.05) is 267 Å². The van der Waals surface area contributed by atoms with Crippen LogP contribution >= 0.6 is 0 Å². The van der Waals surface area contributed by atoms with Gasteiger partial charge in [0.15, 0.2) is 22.3 Å². The van der Waals surface area contributed by atoms with E-state index in [1.165, 1.54) is 207 Å². The second kappa shape index (κ2) is 25.7. The molecule has 0 bridgehead atoms. The molecule has 12 heteroatoms. The molecule has 16 aromatic heterocycles. The number of hydrogen-bond donors (Lipinski definition) is 0. The second-order valence-electron chi connectivity index (χ2n) is 39.8. The maximum absolute atomic E-state index is 6.86. The number of para-hydroxylation sites is 16. The monoisotopic (exact) mass is 1830 g/mol. The highest BCUT2D eigenvalue weighted by atomic mass is 16.3. The van der Waals surface area contributed by atoms with E-state index in [0.717, 1.165) is 144 Å². The zero-order valence-corrected chi connectivity index (χ0v) is 76.5. The topological polar surface area (TPSA) is 89.9 Å². The Labute approximate surface area is 810 Å². The molecule has 38 aromatic rings. The smallest absolute Gasteiger partial charge is 0.159 e. The van der Waals surface area contributed by atoms with E-state index in [2.05, 4.69) is 448 Å². The Morgan fingerprint density at radius 1 is 0.118 bits per heavy atom. The van der Waals surface area contributed by atoms with Crippen molar-refractivity contribution in [3.05, 3.63) is 413 Å². The summed E-state index contributed by atoms with van der Waals surface area (Å²) in [4.78, 5) is 0. The van der Waals surface area contributed by atoms with Gasteiger partial charge < -0.3 is 53.5 Å². The van der Waals surface area contributed by atoms with Crippen LogP contribution in [0, 0.1) is 0 Å². The number of hydrogen-bond acceptors (Lipinski definition) is 4. The van der Waals surface area contributed by atoms with E-state index in [-0.39, 0.29) is 0 Å².